The minimum atomic E-state index is -3.69. The number of carbonyl (C=O) groups excluding carboxylic acids is 1. The van der Waals surface area contributed by atoms with Crippen LogP contribution in [0.2, 0.25) is 5.02 Å². The maximum Gasteiger partial charge on any atom is 0.251 e. The van der Waals surface area contributed by atoms with Crippen molar-refractivity contribution < 1.29 is 17.6 Å². The molecule has 0 saturated heterocycles. The van der Waals surface area contributed by atoms with Gasteiger partial charge in [-0.15, -0.1) is 0 Å². The van der Waals surface area contributed by atoms with E-state index in [0.29, 0.717) is 38.7 Å². The number of amides is 1. The Bertz CT molecular complexity index is 1730. The van der Waals surface area contributed by atoms with Crippen molar-refractivity contribution in [2.75, 3.05) is 17.0 Å². The maximum atomic E-state index is 13.6. The van der Waals surface area contributed by atoms with Gasteiger partial charge in [0.05, 0.1) is 33.9 Å². The summed E-state index contributed by atoms with van der Waals surface area (Å²) < 4.78 is 42.3. The van der Waals surface area contributed by atoms with E-state index in [2.05, 4.69) is 15.0 Å². The normalized spacial score (nSPS) is 11.4. The molecule has 192 valence electrons. The Hall–Kier alpha value is -4.28. The maximum absolute atomic E-state index is 13.6. The molecule has 0 bridgehead atoms. The number of nitrogens with zero attached hydrogens (tertiary/aromatic N) is 3. The SMILES string of the molecule is O=C(NCCS(=O)(=O)Nc1cccnc1)c1ccc2c(-c3ccccc3Cl)nn(-c3ccc(F)cc3)c2c1. The number of nitrogens with one attached hydrogen (secondary N) is 2. The zero-order chi connectivity index (χ0) is 26.7. The first-order valence-electron chi connectivity index (χ1n) is 11.5. The van der Waals surface area contributed by atoms with E-state index in [4.69, 9.17) is 16.7 Å². The highest BCUT2D eigenvalue weighted by Gasteiger charge is 2.18. The molecule has 0 fully saturated rings. The molecule has 0 radical (unpaired) electrons. The number of anilines is 1. The molecule has 0 aliphatic carbocycles. The van der Waals surface area contributed by atoms with Gasteiger partial charge >= 0.3 is 0 Å². The third-order valence-electron chi connectivity index (χ3n) is 5.73. The molecule has 0 aliphatic rings. The standard InChI is InChI=1S/C27H21ClFN5O3S/c28-24-6-2-1-5-22(24)26-23-12-7-18(16-25(23)34(32-26)21-10-8-19(29)9-11-21)27(35)31-14-15-38(36,37)33-20-4-3-13-30-17-20/h1-13,16-17,33H,14-15H2,(H,31,35). The lowest BCUT2D eigenvalue weighted by Crippen LogP contribution is -2.31. The molecular formula is C27H21ClFN5O3S. The zero-order valence-electron chi connectivity index (χ0n) is 19.8. The fourth-order valence-electron chi connectivity index (χ4n) is 3.94. The van der Waals surface area contributed by atoms with Crippen LogP contribution in [0.25, 0.3) is 27.8 Å². The molecule has 38 heavy (non-hydrogen) atoms. The van der Waals surface area contributed by atoms with Gasteiger partial charge in [-0.25, -0.2) is 17.5 Å². The van der Waals surface area contributed by atoms with Crippen LogP contribution in [0.5, 0.6) is 0 Å². The second-order valence-electron chi connectivity index (χ2n) is 8.37. The quantitative estimate of drug-likeness (QED) is 0.282. The number of carbonyl (C=O) groups is 1. The van der Waals surface area contributed by atoms with Crippen LogP contribution in [0.1, 0.15) is 10.4 Å². The molecule has 0 atom stereocenters. The van der Waals surface area contributed by atoms with Crippen LogP contribution in [-0.4, -0.2) is 41.4 Å². The zero-order valence-corrected chi connectivity index (χ0v) is 21.4. The Morgan fingerprint density at radius 2 is 1.79 bits per heavy atom. The summed E-state index contributed by atoms with van der Waals surface area (Å²) in [7, 11) is -3.69. The van der Waals surface area contributed by atoms with E-state index in [0.717, 1.165) is 5.39 Å². The topological polar surface area (TPSA) is 106 Å². The number of benzene rings is 3. The molecule has 5 aromatic rings. The predicted octanol–water partition coefficient (Wildman–Crippen LogP) is 5.05. The third kappa shape index (κ3) is 5.51. The Morgan fingerprint density at radius 1 is 1.00 bits per heavy atom. The summed E-state index contributed by atoms with van der Waals surface area (Å²) in [6, 6.07) is 21.4. The van der Waals surface area contributed by atoms with Crippen molar-refractivity contribution in [3.63, 3.8) is 0 Å². The fourth-order valence-corrected chi connectivity index (χ4v) is 5.12. The van der Waals surface area contributed by atoms with E-state index in [-0.39, 0.29) is 18.1 Å². The third-order valence-corrected chi connectivity index (χ3v) is 7.35. The van der Waals surface area contributed by atoms with E-state index in [9.17, 15) is 17.6 Å². The van der Waals surface area contributed by atoms with Crippen LogP contribution in [0.3, 0.4) is 0 Å². The van der Waals surface area contributed by atoms with Crippen molar-refractivity contribution >= 4 is 44.1 Å². The van der Waals surface area contributed by atoms with Crippen molar-refractivity contribution in [3.05, 3.63) is 108 Å². The summed E-state index contributed by atoms with van der Waals surface area (Å²) in [6.45, 7) is -0.103. The number of hydrogen-bond donors (Lipinski definition) is 2. The Morgan fingerprint density at radius 3 is 2.53 bits per heavy atom. The van der Waals surface area contributed by atoms with Crippen LogP contribution < -0.4 is 10.0 Å². The van der Waals surface area contributed by atoms with Gasteiger partial charge < -0.3 is 5.32 Å². The molecule has 1 amide bonds. The highest BCUT2D eigenvalue weighted by atomic mass is 35.5. The van der Waals surface area contributed by atoms with Gasteiger partial charge in [-0.2, -0.15) is 5.10 Å². The largest absolute Gasteiger partial charge is 0.351 e. The molecule has 3 aromatic carbocycles. The number of pyridine rings is 1. The van der Waals surface area contributed by atoms with Gasteiger partial charge in [0.25, 0.3) is 5.91 Å². The molecular weight excluding hydrogens is 529 g/mol. The van der Waals surface area contributed by atoms with Crippen LogP contribution in [-0.2, 0) is 10.0 Å². The van der Waals surface area contributed by atoms with E-state index < -0.39 is 15.9 Å². The van der Waals surface area contributed by atoms with Crippen molar-refractivity contribution in [3.8, 4) is 16.9 Å². The van der Waals surface area contributed by atoms with Gasteiger partial charge in [-0.1, -0.05) is 29.8 Å². The van der Waals surface area contributed by atoms with Crippen LogP contribution in [0.15, 0.2) is 91.3 Å². The lowest BCUT2D eigenvalue weighted by atomic mass is 10.1. The number of fused-ring (bicyclic) bond motifs is 1. The molecule has 0 saturated carbocycles. The van der Waals surface area contributed by atoms with Gasteiger partial charge in [0.1, 0.15) is 11.5 Å². The smallest absolute Gasteiger partial charge is 0.251 e. The first-order valence-corrected chi connectivity index (χ1v) is 13.6. The predicted molar refractivity (Wildman–Crippen MR) is 145 cm³/mol. The molecule has 2 N–H and O–H groups in total. The van der Waals surface area contributed by atoms with Crippen LogP contribution in [0.4, 0.5) is 10.1 Å². The van der Waals surface area contributed by atoms with Gasteiger partial charge in [-0.05, 0) is 60.7 Å². The average molecular weight is 550 g/mol. The van der Waals surface area contributed by atoms with Crippen molar-refractivity contribution in [2.24, 2.45) is 0 Å². The van der Waals surface area contributed by atoms with Crippen molar-refractivity contribution in [2.45, 2.75) is 0 Å². The summed E-state index contributed by atoms with van der Waals surface area (Å²) in [6.07, 6.45) is 2.93. The average Bonchev–Trinajstić information content (AvgIpc) is 3.28. The van der Waals surface area contributed by atoms with E-state index in [1.54, 1.807) is 53.2 Å². The monoisotopic (exact) mass is 549 g/mol. The molecule has 0 unspecified atom stereocenters. The number of hydrogen-bond acceptors (Lipinski definition) is 5. The summed E-state index contributed by atoms with van der Waals surface area (Å²) >= 11 is 6.44. The second kappa shape index (κ2) is 10.6. The highest BCUT2D eigenvalue weighted by Crippen LogP contribution is 2.34. The number of aromatic nitrogens is 3. The second-order valence-corrected chi connectivity index (χ2v) is 10.6. The Labute approximate surface area is 223 Å². The fraction of sp³-hybridized carbons (Fsp3) is 0.0741. The first kappa shape index (κ1) is 25.4. The number of sulfonamides is 1. The minimum Gasteiger partial charge on any atom is -0.351 e. The van der Waals surface area contributed by atoms with Crippen molar-refractivity contribution in [1.29, 1.82) is 0 Å². The summed E-state index contributed by atoms with van der Waals surface area (Å²) in [4.78, 5) is 16.8. The van der Waals surface area contributed by atoms with E-state index in [1.807, 2.05) is 18.2 Å². The van der Waals surface area contributed by atoms with E-state index in [1.165, 1.54) is 24.5 Å². The summed E-state index contributed by atoms with van der Waals surface area (Å²) in [5, 5.41) is 8.64. The van der Waals surface area contributed by atoms with Gasteiger partial charge in [0.2, 0.25) is 10.0 Å². The lowest BCUT2D eigenvalue weighted by molar-refractivity contribution is 0.0956. The van der Waals surface area contributed by atoms with Crippen LogP contribution in [0, 0.1) is 5.82 Å². The van der Waals surface area contributed by atoms with Crippen LogP contribution >= 0.6 is 11.6 Å². The Balaban J connectivity index is 1.42. The van der Waals surface area contributed by atoms with Gasteiger partial charge in [-0.3, -0.25) is 14.5 Å². The Kier molecular flexibility index (Phi) is 7.08. The highest BCUT2D eigenvalue weighted by molar-refractivity contribution is 7.92. The van der Waals surface area contributed by atoms with Crippen molar-refractivity contribution in [1.82, 2.24) is 20.1 Å². The van der Waals surface area contributed by atoms with E-state index >= 15 is 0 Å². The molecule has 0 spiro atoms. The summed E-state index contributed by atoms with van der Waals surface area (Å²) in [5.41, 5.74) is 3.17. The molecule has 5 rings (SSSR count). The molecule has 8 nitrogen and oxygen atoms in total. The number of rotatable bonds is 8. The molecule has 2 heterocycles. The van der Waals surface area contributed by atoms with Gasteiger partial charge in [0, 0.05) is 29.3 Å². The molecule has 2 aromatic heterocycles. The molecule has 0 aliphatic heterocycles. The minimum absolute atomic E-state index is 0.103. The number of halogens is 2. The lowest BCUT2D eigenvalue weighted by Gasteiger charge is -2.09. The van der Waals surface area contributed by atoms with Gasteiger partial charge in [0.15, 0.2) is 0 Å². The summed E-state index contributed by atoms with van der Waals surface area (Å²) in [5.74, 6) is -1.15. The first-order chi connectivity index (χ1) is 18.3. The molecule has 11 heteroatoms.